The van der Waals surface area contributed by atoms with Crippen LogP contribution in [0.3, 0.4) is 0 Å². The van der Waals surface area contributed by atoms with Gasteiger partial charge in [0.2, 0.25) is 11.8 Å². The standard InChI is InChI=1S/C18H16BrFN2O3/c1-25-14-4-2-3-13(9-14)22-10-11(7-17(22)23)18(24)21-16-6-5-12(19)8-15(16)20/h2-6,8-9,11H,7,10H2,1H3,(H,21,24). The topological polar surface area (TPSA) is 58.6 Å². The average Bonchev–Trinajstić information content (AvgIpc) is 2.99. The number of carbonyl (C=O) groups excluding carboxylic acids is 2. The summed E-state index contributed by atoms with van der Waals surface area (Å²) < 4.78 is 19.6. The van der Waals surface area contributed by atoms with Crippen molar-refractivity contribution < 1.29 is 18.7 Å². The zero-order valence-electron chi connectivity index (χ0n) is 13.5. The lowest BCUT2D eigenvalue weighted by atomic mass is 10.1. The monoisotopic (exact) mass is 406 g/mol. The van der Waals surface area contributed by atoms with Crippen LogP contribution in [0, 0.1) is 11.7 Å². The van der Waals surface area contributed by atoms with Crippen LogP contribution in [0.15, 0.2) is 46.9 Å². The minimum atomic E-state index is -0.540. The van der Waals surface area contributed by atoms with Crippen molar-refractivity contribution in [3.05, 3.63) is 52.8 Å². The largest absolute Gasteiger partial charge is 0.497 e. The van der Waals surface area contributed by atoms with E-state index in [9.17, 15) is 14.0 Å². The molecule has 25 heavy (non-hydrogen) atoms. The number of anilines is 2. The highest BCUT2D eigenvalue weighted by atomic mass is 79.9. The predicted molar refractivity (Wildman–Crippen MR) is 96.2 cm³/mol. The van der Waals surface area contributed by atoms with Crippen molar-refractivity contribution in [3.8, 4) is 5.75 Å². The van der Waals surface area contributed by atoms with Gasteiger partial charge in [-0.3, -0.25) is 9.59 Å². The van der Waals surface area contributed by atoms with E-state index in [1.807, 2.05) is 0 Å². The Hall–Kier alpha value is -2.41. The summed E-state index contributed by atoms with van der Waals surface area (Å²) in [5.41, 5.74) is 0.773. The van der Waals surface area contributed by atoms with Crippen molar-refractivity contribution in [3.63, 3.8) is 0 Å². The predicted octanol–water partition coefficient (Wildman–Crippen LogP) is 3.59. The highest BCUT2D eigenvalue weighted by molar-refractivity contribution is 9.10. The van der Waals surface area contributed by atoms with Gasteiger partial charge in [-0.15, -0.1) is 0 Å². The molecule has 130 valence electrons. The van der Waals surface area contributed by atoms with Gasteiger partial charge in [0.1, 0.15) is 11.6 Å². The summed E-state index contributed by atoms with van der Waals surface area (Å²) in [5, 5.41) is 2.56. The molecule has 7 heteroatoms. The number of halogens is 2. The number of benzene rings is 2. The van der Waals surface area contributed by atoms with Gasteiger partial charge in [-0.1, -0.05) is 22.0 Å². The molecule has 1 atom stereocenters. The van der Waals surface area contributed by atoms with Crippen molar-refractivity contribution in [1.82, 2.24) is 0 Å². The average molecular weight is 407 g/mol. The molecule has 1 unspecified atom stereocenters. The maximum absolute atomic E-state index is 13.9. The number of nitrogens with zero attached hydrogens (tertiary/aromatic N) is 1. The van der Waals surface area contributed by atoms with Crippen LogP contribution in [0.1, 0.15) is 6.42 Å². The highest BCUT2D eigenvalue weighted by Crippen LogP contribution is 2.29. The van der Waals surface area contributed by atoms with Gasteiger partial charge in [-0.05, 0) is 30.3 Å². The Bertz CT molecular complexity index is 828. The van der Waals surface area contributed by atoms with E-state index in [-0.39, 0.29) is 30.5 Å². The van der Waals surface area contributed by atoms with E-state index in [2.05, 4.69) is 21.2 Å². The van der Waals surface area contributed by atoms with Crippen LogP contribution >= 0.6 is 15.9 Å². The van der Waals surface area contributed by atoms with Crippen LogP contribution in [0.4, 0.5) is 15.8 Å². The van der Waals surface area contributed by atoms with Gasteiger partial charge >= 0.3 is 0 Å². The van der Waals surface area contributed by atoms with E-state index < -0.39 is 11.7 Å². The molecule has 2 aromatic rings. The molecule has 5 nitrogen and oxygen atoms in total. The first-order valence-electron chi connectivity index (χ1n) is 7.68. The number of rotatable bonds is 4. The smallest absolute Gasteiger partial charge is 0.229 e. The van der Waals surface area contributed by atoms with Crippen LogP contribution in [-0.2, 0) is 9.59 Å². The molecule has 2 amide bonds. The third kappa shape index (κ3) is 3.82. The lowest BCUT2D eigenvalue weighted by Gasteiger charge is -2.17. The fourth-order valence-electron chi connectivity index (χ4n) is 2.74. The summed E-state index contributed by atoms with van der Waals surface area (Å²) in [7, 11) is 1.55. The molecule has 0 spiro atoms. The van der Waals surface area contributed by atoms with Crippen LogP contribution in [-0.4, -0.2) is 25.5 Å². The molecular weight excluding hydrogens is 391 g/mol. The number of ether oxygens (including phenoxy) is 1. The van der Waals surface area contributed by atoms with Crippen molar-refractivity contribution in [2.45, 2.75) is 6.42 Å². The molecule has 0 saturated carbocycles. The van der Waals surface area contributed by atoms with Crippen LogP contribution in [0.5, 0.6) is 5.75 Å². The lowest BCUT2D eigenvalue weighted by Crippen LogP contribution is -2.28. The third-order valence-electron chi connectivity index (χ3n) is 4.05. The summed E-state index contributed by atoms with van der Waals surface area (Å²) in [6.07, 6.45) is 0.0845. The van der Waals surface area contributed by atoms with Gasteiger partial charge in [-0.2, -0.15) is 0 Å². The van der Waals surface area contributed by atoms with E-state index in [0.29, 0.717) is 15.9 Å². The van der Waals surface area contributed by atoms with Crippen molar-refractivity contribution in [2.24, 2.45) is 5.92 Å². The van der Waals surface area contributed by atoms with E-state index in [0.717, 1.165) is 0 Å². The molecule has 1 heterocycles. The summed E-state index contributed by atoms with van der Waals surface area (Å²) in [6, 6.07) is 11.5. The van der Waals surface area contributed by atoms with Crippen molar-refractivity contribution in [1.29, 1.82) is 0 Å². The van der Waals surface area contributed by atoms with Crippen molar-refractivity contribution >= 4 is 39.1 Å². The minimum Gasteiger partial charge on any atom is -0.497 e. The molecule has 1 aliphatic rings. The summed E-state index contributed by atoms with van der Waals surface area (Å²) in [4.78, 5) is 26.2. The third-order valence-corrected chi connectivity index (χ3v) is 4.54. The Kier molecular flexibility index (Phi) is 5.03. The molecule has 2 aromatic carbocycles. The van der Waals surface area contributed by atoms with Gasteiger partial charge in [0, 0.05) is 29.2 Å². The van der Waals surface area contributed by atoms with Crippen molar-refractivity contribution in [2.75, 3.05) is 23.9 Å². The fraction of sp³-hybridized carbons (Fsp3) is 0.222. The number of hydrogen-bond donors (Lipinski definition) is 1. The number of hydrogen-bond acceptors (Lipinski definition) is 3. The first-order valence-corrected chi connectivity index (χ1v) is 8.47. The summed E-state index contributed by atoms with van der Waals surface area (Å²) >= 11 is 3.17. The summed E-state index contributed by atoms with van der Waals surface area (Å²) in [6.45, 7) is 0.246. The first-order chi connectivity index (χ1) is 12.0. The molecule has 0 aliphatic carbocycles. The molecule has 1 fully saturated rings. The normalized spacial score (nSPS) is 16.8. The van der Waals surface area contributed by atoms with E-state index in [1.54, 1.807) is 42.3 Å². The first kappa shape index (κ1) is 17.4. The second-order valence-electron chi connectivity index (χ2n) is 5.72. The van der Waals surface area contributed by atoms with Gasteiger partial charge < -0.3 is 15.0 Å². The quantitative estimate of drug-likeness (QED) is 0.843. The summed E-state index contributed by atoms with van der Waals surface area (Å²) in [5.74, 6) is -0.960. The number of amides is 2. The molecule has 1 saturated heterocycles. The van der Waals surface area contributed by atoms with E-state index >= 15 is 0 Å². The van der Waals surface area contributed by atoms with Crippen LogP contribution in [0.2, 0.25) is 0 Å². The van der Waals surface area contributed by atoms with E-state index in [1.165, 1.54) is 12.1 Å². The highest BCUT2D eigenvalue weighted by Gasteiger charge is 2.35. The number of methoxy groups -OCH3 is 1. The Labute approximate surface area is 152 Å². The molecule has 3 rings (SSSR count). The Morgan fingerprint density at radius 3 is 2.84 bits per heavy atom. The number of nitrogens with one attached hydrogen (secondary N) is 1. The maximum atomic E-state index is 13.9. The Morgan fingerprint density at radius 1 is 1.32 bits per heavy atom. The maximum Gasteiger partial charge on any atom is 0.229 e. The lowest BCUT2D eigenvalue weighted by molar-refractivity contribution is -0.122. The molecule has 1 aliphatic heterocycles. The zero-order chi connectivity index (χ0) is 18.0. The van der Waals surface area contributed by atoms with Crippen LogP contribution in [0.25, 0.3) is 0 Å². The number of carbonyl (C=O) groups is 2. The molecule has 0 aromatic heterocycles. The van der Waals surface area contributed by atoms with Gasteiger partial charge in [0.25, 0.3) is 0 Å². The molecule has 0 bridgehead atoms. The molecular formula is C18H16BrFN2O3. The second-order valence-corrected chi connectivity index (χ2v) is 6.64. The molecule has 1 N–H and O–H groups in total. The van der Waals surface area contributed by atoms with Crippen LogP contribution < -0.4 is 15.0 Å². The second kappa shape index (κ2) is 7.23. The Balaban J connectivity index is 1.72. The van der Waals surface area contributed by atoms with Gasteiger partial charge in [-0.25, -0.2) is 4.39 Å². The Morgan fingerprint density at radius 2 is 2.12 bits per heavy atom. The van der Waals surface area contributed by atoms with E-state index in [4.69, 9.17) is 4.74 Å². The molecule has 0 radical (unpaired) electrons. The fourth-order valence-corrected chi connectivity index (χ4v) is 3.07. The van der Waals surface area contributed by atoms with Gasteiger partial charge in [0.05, 0.1) is 18.7 Å². The SMILES string of the molecule is COc1cccc(N2CC(C(=O)Nc3ccc(Br)cc3F)CC2=O)c1. The minimum absolute atomic E-state index is 0.0845. The van der Waals surface area contributed by atoms with Gasteiger partial charge in [0.15, 0.2) is 0 Å². The zero-order valence-corrected chi connectivity index (χ0v) is 15.0.